The van der Waals surface area contributed by atoms with Gasteiger partial charge in [-0.1, -0.05) is 34.8 Å². The number of rotatable bonds is 7. The summed E-state index contributed by atoms with van der Waals surface area (Å²) in [7, 11) is 0. The third-order valence-corrected chi connectivity index (χ3v) is 7.42. The standard InChI is InChI=1S/C25H32Cl3N3O3/c1-7-29(8-2)17-11-13-19-21(15-17)33-22-16-18(30(9-3)10-4)12-14-20(22)31(19)23(32)34-24(5,6)25(26,27)28/h11-16H,7-10H2,1-6H3. The van der Waals surface area contributed by atoms with Crippen LogP contribution in [0.15, 0.2) is 36.4 Å². The van der Waals surface area contributed by atoms with E-state index in [4.69, 9.17) is 44.3 Å². The first-order valence-electron chi connectivity index (χ1n) is 11.5. The topological polar surface area (TPSA) is 45.2 Å². The summed E-state index contributed by atoms with van der Waals surface area (Å²) in [6.45, 7) is 14.9. The molecule has 6 nitrogen and oxygen atoms in total. The minimum Gasteiger partial charge on any atom is -0.453 e. The number of ether oxygens (including phenoxy) is 2. The number of carbonyl (C=O) groups is 1. The molecule has 3 rings (SSSR count). The van der Waals surface area contributed by atoms with Gasteiger partial charge in [0.2, 0.25) is 3.79 Å². The molecule has 0 radical (unpaired) electrons. The number of nitrogens with zero attached hydrogens (tertiary/aromatic N) is 3. The molecular weight excluding hydrogens is 497 g/mol. The molecule has 0 bridgehead atoms. The first-order valence-corrected chi connectivity index (χ1v) is 12.7. The average Bonchev–Trinajstić information content (AvgIpc) is 2.77. The van der Waals surface area contributed by atoms with E-state index in [1.807, 2.05) is 36.4 Å². The molecule has 0 spiro atoms. The number of amides is 1. The van der Waals surface area contributed by atoms with Crippen molar-refractivity contribution >= 4 is 63.6 Å². The Bertz CT molecular complexity index is 970. The Morgan fingerprint density at radius 3 is 1.62 bits per heavy atom. The molecule has 0 fully saturated rings. The van der Waals surface area contributed by atoms with E-state index >= 15 is 0 Å². The van der Waals surface area contributed by atoms with Crippen LogP contribution in [-0.2, 0) is 4.74 Å². The van der Waals surface area contributed by atoms with Crippen molar-refractivity contribution in [3.63, 3.8) is 0 Å². The number of anilines is 4. The van der Waals surface area contributed by atoms with E-state index in [0.717, 1.165) is 37.6 Å². The number of benzene rings is 2. The van der Waals surface area contributed by atoms with Crippen molar-refractivity contribution in [1.29, 1.82) is 0 Å². The fourth-order valence-electron chi connectivity index (χ4n) is 3.88. The van der Waals surface area contributed by atoms with Crippen LogP contribution in [0, 0.1) is 0 Å². The highest BCUT2D eigenvalue weighted by Gasteiger charge is 2.46. The van der Waals surface area contributed by atoms with Gasteiger partial charge in [0, 0.05) is 49.7 Å². The van der Waals surface area contributed by atoms with Gasteiger partial charge in [-0.3, -0.25) is 0 Å². The fraction of sp³-hybridized carbons (Fsp3) is 0.480. The van der Waals surface area contributed by atoms with E-state index in [9.17, 15) is 4.79 Å². The van der Waals surface area contributed by atoms with Crippen LogP contribution < -0.4 is 19.4 Å². The smallest absolute Gasteiger partial charge is 0.419 e. The Labute approximate surface area is 217 Å². The Morgan fingerprint density at radius 1 is 0.853 bits per heavy atom. The summed E-state index contributed by atoms with van der Waals surface area (Å²) >= 11 is 18.2. The van der Waals surface area contributed by atoms with Crippen LogP contribution in [0.3, 0.4) is 0 Å². The summed E-state index contributed by atoms with van der Waals surface area (Å²) < 4.78 is 10.2. The van der Waals surface area contributed by atoms with Crippen molar-refractivity contribution in [1.82, 2.24) is 0 Å². The Kier molecular flexibility index (Phi) is 8.06. The van der Waals surface area contributed by atoms with Gasteiger partial charge in [0.05, 0.1) is 11.4 Å². The van der Waals surface area contributed by atoms with E-state index in [2.05, 4.69) is 37.5 Å². The molecule has 1 aliphatic rings. The molecule has 1 amide bonds. The molecule has 0 aliphatic carbocycles. The van der Waals surface area contributed by atoms with Crippen molar-refractivity contribution in [2.24, 2.45) is 0 Å². The van der Waals surface area contributed by atoms with Crippen molar-refractivity contribution < 1.29 is 14.3 Å². The predicted molar refractivity (Wildman–Crippen MR) is 143 cm³/mol. The second kappa shape index (κ2) is 10.3. The lowest BCUT2D eigenvalue weighted by Gasteiger charge is -2.37. The Morgan fingerprint density at radius 2 is 1.26 bits per heavy atom. The Balaban J connectivity index is 2.12. The van der Waals surface area contributed by atoms with Gasteiger partial charge in [0.25, 0.3) is 0 Å². The minimum absolute atomic E-state index is 0.553. The molecule has 0 aromatic heterocycles. The van der Waals surface area contributed by atoms with Crippen LogP contribution in [0.1, 0.15) is 41.5 Å². The number of carbonyl (C=O) groups excluding carboxylic acids is 1. The fourth-order valence-corrected chi connectivity index (χ4v) is 3.99. The summed E-state index contributed by atoms with van der Waals surface area (Å²) in [6.07, 6.45) is -0.659. The molecule has 186 valence electrons. The summed E-state index contributed by atoms with van der Waals surface area (Å²) in [5.74, 6) is 1.11. The van der Waals surface area contributed by atoms with Crippen LogP contribution in [0.5, 0.6) is 11.5 Å². The summed E-state index contributed by atoms with van der Waals surface area (Å²) in [5, 5.41) is 0. The van der Waals surface area contributed by atoms with E-state index in [1.165, 1.54) is 4.90 Å². The van der Waals surface area contributed by atoms with Crippen molar-refractivity contribution in [2.45, 2.75) is 50.9 Å². The number of fused-ring (bicyclic) bond motifs is 2. The lowest BCUT2D eigenvalue weighted by molar-refractivity contribution is 0.0482. The molecule has 0 unspecified atom stereocenters. The van der Waals surface area contributed by atoms with Crippen molar-refractivity contribution in [3.8, 4) is 11.5 Å². The van der Waals surface area contributed by atoms with Crippen molar-refractivity contribution in [3.05, 3.63) is 36.4 Å². The molecule has 0 saturated heterocycles. The van der Waals surface area contributed by atoms with Crippen LogP contribution in [-0.4, -0.2) is 41.7 Å². The largest absolute Gasteiger partial charge is 0.453 e. The number of halogens is 3. The van der Waals surface area contributed by atoms with Gasteiger partial charge < -0.3 is 19.3 Å². The molecule has 0 atom stereocenters. The first kappa shape index (κ1) is 26.6. The zero-order chi connectivity index (χ0) is 25.3. The molecule has 34 heavy (non-hydrogen) atoms. The second-order valence-corrected chi connectivity index (χ2v) is 10.7. The van der Waals surface area contributed by atoms with E-state index in [0.29, 0.717) is 22.9 Å². The van der Waals surface area contributed by atoms with E-state index < -0.39 is 15.5 Å². The summed E-state index contributed by atoms with van der Waals surface area (Å²) in [4.78, 5) is 19.4. The second-order valence-electron chi connectivity index (χ2n) is 8.46. The molecular formula is C25H32Cl3N3O3. The number of hydrogen-bond acceptors (Lipinski definition) is 5. The number of hydrogen-bond donors (Lipinski definition) is 0. The van der Waals surface area contributed by atoms with Gasteiger partial charge in [-0.05, 0) is 65.8 Å². The van der Waals surface area contributed by atoms with Gasteiger partial charge in [0.15, 0.2) is 17.1 Å². The van der Waals surface area contributed by atoms with Gasteiger partial charge in [-0.2, -0.15) is 0 Å². The quantitative estimate of drug-likeness (QED) is 0.342. The summed E-state index contributed by atoms with van der Waals surface area (Å²) in [6, 6.07) is 11.5. The van der Waals surface area contributed by atoms with E-state index in [-0.39, 0.29) is 0 Å². The summed E-state index contributed by atoms with van der Waals surface area (Å²) in [5.41, 5.74) is 1.76. The normalized spacial score (nSPS) is 13.0. The third kappa shape index (κ3) is 5.14. The zero-order valence-electron chi connectivity index (χ0n) is 20.5. The Hall–Kier alpha value is -2.02. The third-order valence-electron chi connectivity index (χ3n) is 6.05. The molecule has 0 N–H and O–H groups in total. The molecule has 2 aromatic rings. The van der Waals surface area contributed by atoms with Crippen LogP contribution in [0.4, 0.5) is 27.5 Å². The van der Waals surface area contributed by atoms with Gasteiger partial charge in [-0.15, -0.1) is 0 Å². The van der Waals surface area contributed by atoms with Gasteiger partial charge >= 0.3 is 6.09 Å². The lowest BCUT2D eigenvalue weighted by atomic mass is 10.1. The number of alkyl halides is 3. The van der Waals surface area contributed by atoms with Crippen LogP contribution >= 0.6 is 34.8 Å². The highest BCUT2D eigenvalue weighted by Crippen LogP contribution is 2.50. The van der Waals surface area contributed by atoms with Crippen molar-refractivity contribution in [2.75, 3.05) is 40.9 Å². The van der Waals surface area contributed by atoms with Gasteiger partial charge in [0.1, 0.15) is 0 Å². The SMILES string of the molecule is CCN(CC)c1ccc2c(c1)Oc1cc(N(CC)CC)ccc1N2C(=O)OC(C)(C)C(Cl)(Cl)Cl. The maximum Gasteiger partial charge on any atom is 0.419 e. The minimum atomic E-state index is -1.81. The zero-order valence-corrected chi connectivity index (χ0v) is 22.8. The highest BCUT2D eigenvalue weighted by atomic mass is 35.6. The molecule has 1 heterocycles. The maximum absolute atomic E-state index is 13.5. The highest BCUT2D eigenvalue weighted by molar-refractivity contribution is 6.68. The van der Waals surface area contributed by atoms with Gasteiger partial charge in [-0.25, -0.2) is 9.69 Å². The predicted octanol–water partition coefficient (Wildman–Crippen LogP) is 7.91. The molecule has 0 saturated carbocycles. The van der Waals surface area contributed by atoms with E-state index in [1.54, 1.807) is 13.8 Å². The first-order chi connectivity index (χ1) is 16.0. The van der Waals surface area contributed by atoms with Crippen LogP contribution in [0.25, 0.3) is 0 Å². The average molecular weight is 529 g/mol. The molecule has 2 aromatic carbocycles. The monoisotopic (exact) mass is 527 g/mol. The molecule has 9 heteroatoms. The maximum atomic E-state index is 13.5. The van der Waals surface area contributed by atoms with Crippen LogP contribution in [0.2, 0.25) is 0 Å². The lowest BCUT2D eigenvalue weighted by Crippen LogP contribution is -2.44. The molecule has 1 aliphatic heterocycles.